The number of fused-ring (bicyclic) bond motifs is 2. The van der Waals surface area contributed by atoms with Crippen molar-refractivity contribution in [1.82, 2.24) is 19.9 Å². The molecule has 3 aromatic heterocycles. The van der Waals surface area contributed by atoms with Gasteiger partial charge in [0.25, 0.3) is 0 Å². The van der Waals surface area contributed by atoms with Crippen molar-refractivity contribution in [2.45, 2.75) is 24.9 Å². The molecule has 9 heteroatoms. The van der Waals surface area contributed by atoms with Crippen LogP contribution in [-0.2, 0) is 13.1 Å². The summed E-state index contributed by atoms with van der Waals surface area (Å²) < 4.78 is 16.4. The number of nitrogens with one attached hydrogen (secondary N) is 1. The Hall–Kier alpha value is -3.56. The Labute approximate surface area is 188 Å². The standard InChI is InChI=1S/C23H22N6O2S/c1-14-6-17-4-3-5-20(22(17)25-10-14)32-28-23-21-18(30-2)7-15(8-19(21)31-27-23)12-29-13-16(9-24)11-26-29/h3-8,10-11,13H,9,12,24H2,1-2H3,(H,27,28). The molecule has 8 nitrogen and oxygen atoms in total. The summed E-state index contributed by atoms with van der Waals surface area (Å²) in [4.78, 5) is 5.59. The molecular formula is C23H22N6O2S. The number of hydrogen-bond acceptors (Lipinski definition) is 8. The molecule has 32 heavy (non-hydrogen) atoms. The maximum absolute atomic E-state index is 5.68. The van der Waals surface area contributed by atoms with Crippen molar-refractivity contribution in [3.8, 4) is 5.75 Å². The molecule has 0 aliphatic rings. The zero-order valence-corrected chi connectivity index (χ0v) is 18.5. The number of benzene rings is 2. The van der Waals surface area contributed by atoms with Crippen LogP contribution in [0, 0.1) is 6.92 Å². The van der Waals surface area contributed by atoms with Crippen molar-refractivity contribution < 1.29 is 9.26 Å². The molecule has 3 heterocycles. The summed E-state index contributed by atoms with van der Waals surface area (Å²) in [6.07, 6.45) is 5.58. The molecule has 0 bridgehead atoms. The van der Waals surface area contributed by atoms with E-state index in [1.165, 1.54) is 11.9 Å². The summed E-state index contributed by atoms with van der Waals surface area (Å²) in [5.41, 5.74) is 10.4. The summed E-state index contributed by atoms with van der Waals surface area (Å²) in [5, 5.41) is 10.5. The average molecular weight is 447 g/mol. The second-order valence-electron chi connectivity index (χ2n) is 7.50. The molecule has 0 aliphatic carbocycles. The van der Waals surface area contributed by atoms with E-state index in [2.05, 4.69) is 32.1 Å². The fourth-order valence-corrected chi connectivity index (χ4v) is 4.39. The minimum Gasteiger partial charge on any atom is -0.496 e. The Morgan fingerprint density at radius 3 is 2.91 bits per heavy atom. The number of anilines is 1. The van der Waals surface area contributed by atoms with Crippen LogP contribution in [0.15, 0.2) is 64.4 Å². The van der Waals surface area contributed by atoms with Crippen LogP contribution in [0.4, 0.5) is 5.82 Å². The maximum Gasteiger partial charge on any atom is 0.191 e. The largest absolute Gasteiger partial charge is 0.496 e. The third-order valence-corrected chi connectivity index (χ3v) is 6.00. The van der Waals surface area contributed by atoms with Gasteiger partial charge >= 0.3 is 0 Å². The lowest BCUT2D eigenvalue weighted by atomic mass is 10.1. The SMILES string of the molecule is COc1cc(Cn2cc(CN)cn2)cc2onc(NSc3cccc4cc(C)cnc34)c12. The fraction of sp³-hybridized carbons (Fsp3) is 0.174. The average Bonchev–Trinajstić information content (AvgIpc) is 3.43. The minimum absolute atomic E-state index is 0.461. The van der Waals surface area contributed by atoms with Crippen LogP contribution in [0.5, 0.6) is 5.75 Å². The van der Waals surface area contributed by atoms with Gasteiger partial charge in [0.15, 0.2) is 11.4 Å². The third kappa shape index (κ3) is 3.88. The van der Waals surface area contributed by atoms with Gasteiger partial charge in [0.05, 0.1) is 30.3 Å². The summed E-state index contributed by atoms with van der Waals surface area (Å²) in [6, 6.07) is 12.2. The van der Waals surface area contributed by atoms with E-state index < -0.39 is 0 Å². The first-order valence-corrected chi connectivity index (χ1v) is 10.9. The summed E-state index contributed by atoms with van der Waals surface area (Å²) in [7, 11) is 1.64. The fourth-order valence-electron chi connectivity index (χ4n) is 3.63. The molecule has 5 rings (SSSR count). The predicted molar refractivity (Wildman–Crippen MR) is 126 cm³/mol. The van der Waals surface area contributed by atoms with Gasteiger partial charge < -0.3 is 19.7 Å². The second kappa shape index (κ2) is 8.52. The van der Waals surface area contributed by atoms with Crippen LogP contribution in [0.3, 0.4) is 0 Å². The molecule has 0 saturated carbocycles. The van der Waals surface area contributed by atoms with Crippen molar-refractivity contribution >= 4 is 39.6 Å². The van der Waals surface area contributed by atoms with Crippen molar-refractivity contribution in [1.29, 1.82) is 0 Å². The molecule has 5 aromatic rings. The molecule has 0 saturated heterocycles. The van der Waals surface area contributed by atoms with Gasteiger partial charge in [-0.05, 0) is 54.3 Å². The minimum atomic E-state index is 0.461. The zero-order chi connectivity index (χ0) is 22.1. The molecule has 0 fully saturated rings. The lowest BCUT2D eigenvalue weighted by Crippen LogP contribution is -2.01. The monoisotopic (exact) mass is 446 g/mol. The van der Waals surface area contributed by atoms with Gasteiger partial charge in [-0.3, -0.25) is 9.67 Å². The number of para-hydroxylation sites is 1. The molecule has 162 valence electrons. The van der Waals surface area contributed by atoms with Gasteiger partial charge in [0.1, 0.15) is 11.1 Å². The van der Waals surface area contributed by atoms with Gasteiger partial charge in [0, 0.05) is 29.9 Å². The topological polar surface area (TPSA) is 104 Å². The highest BCUT2D eigenvalue weighted by molar-refractivity contribution is 8.00. The lowest BCUT2D eigenvalue weighted by Gasteiger charge is -2.09. The number of ether oxygens (including phenoxy) is 1. The first-order chi connectivity index (χ1) is 15.6. The van der Waals surface area contributed by atoms with Crippen molar-refractivity contribution in [3.05, 3.63) is 71.7 Å². The first-order valence-electron chi connectivity index (χ1n) is 10.1. The van der Waals surface area contributed by atoms with Gasteiger partial charge in [-0.1, -0.05) is 17.3 Å². The van der Waals surface area contributed by atoms with Crippen molar-refractivity contribution in [2.75, 3.05) is 11.8 Å². The summed E-state index contributed by atoms with van der Waals surface area (Å²) in [6.45, 7) is 3.07. The number of methoxy groups -OCH3 is 1. The predicted octanol–water partition coefficient (Wildman–Crippen LogP) is 4.52. The molecule has 0 atom stereocenters. The number of pyridine rings is 1. The van der Waals surface area contributed by atoms with Gasteiger partial charge in [-0.15, -0.1) is 0 Å². The van der Waals surface area contributed by atoms with Crippen LogP contribution in [0.25, 0.3) is 21.9 Å². The Bertz CT molecular complexity index is 1410. The molecule has 0 aliphatic heterocycles. The van der Waals surface area contributed by atoms with E-state index in [1.54, 1.807) is 13.3 Å². The van der Waals surface area contributed by atoms with Crippen LogP contribution in [0.1, 0.15) is 16.7 Å². The Morgan fingerprint density at radius 1 is 1.19 bits per heavy atom. The van der Waals surface area contributed by atoms with Gasteiger partial charge in [0.2, 0.25) is 0 Å². The van der Waals surface area contributed by atoms with Crippen LogP contribution in [-0.4, -0.2) is 27.0 Å². The van der Waals surface area contributed by atoms with Gasteiger partial charge in [-0.2, -0.15) is 5.10 Å². The Morgan fingerprint density at radius 2 is 2.09 bits per heavy atom. The highest BCUT2D eigenvalue weighted by Crippen LogP contribution is 2.36. The van der Waals surface area contributed by atoms with E-state index in [4.69, 9.17) is 15.0 Å². The number of aromatic nitrogens is 4. The molecule has 0 unspecified atom stereocenters. The van der Waals surface area contributed by atoms with E-state index in [0.717, 1.165) is 37.9 Å². The highest BCUT2D eigenvalue weighted by atomic mass is 32.2. The lowest BCUT2D eigenvalue weighted by molar-refractivity contribution is 0.418. The van der Waals surface area contributed by atoms with E-state index in [0.29, 0.717) is 30.2 Å². The number of nitrogens with zero attached hydrogens (tertiary/aromatic N) is 4. The molecule has 0 spiro atoms. The highest BCUT2D eigenvalue weighted by Gasteiger charge is 2.16. The molecule has 0 radical (unpaired) electrons. The van der Waals surface area contributed by atoms with E-state index in [-0.39, 0.29) is 0 Å². The Kier molecular flexibility index (Phi) is 5.42. The maximum atomic E-state index is 5.68. The third-order valence-electron chi connectivity index (χ3n) is 5.15. The molecular weight excluding hydrogens is 424 g/mol. The summed E-state index contributed by atoms with van der Waals surface area (Å²) >= 11 is 1.44. The van der Waals surface area contributed by atoms with Crippen molar-refractivity contribution in [3.63, 3.8) is 0 Å². The van der Waals surface area contributed by atoms with Crippen LogP contribution in [0.2, 0.25) is 0 Å². The van der Waals surface area contributed by atoms with E-state index in [1.807, 2.05) is 48.3 Å². The van der Waals surface area contributed by atoms with Crippen LogP contribution >= 0.6 is 11.9 Å². The number of hydrogen-bond donors (Lipinski definition) is 2. The first kappa shape index (κ1) is 20.3. The van der Waals surface area contributed by atoms with Crippen LogP contribution < -0.4 is 15.2 Å². The number of nitrogens with two attached hydrogens (primary N) is 1. The Balaban J connectivity index is 1.43. The molecule has 3 N–H and O–H groups in total. The van der Waals surface area contributed by atoms with E-state index >= 15 is 0 Å². The molecule has 0 amide bonds. The zero-order valence-electron chi connectivity index (χ0n) is 17.7. The molecule has 2 aromatic carbocycles. The summed E-state index contributed by atoms with van der Waals surface area (Å²) in [5.74, 6) is 1.28. The van der Waals surface area contributed by atoms with Crippen molar-refractivity contribution in [2.24, 2.45) is 5.73 Å². The quantitative estimate of drug-likeness (QED) is 0.352. The smallest absolute Gasteiger partial charge is 0.191 e. The van der Waals surface area contributed by atoms with Gasteiger partial charge in [-0.25, -0.2) is 0 Å². The van der Waals surface area contributed by atoms with E-state index in [9.17, 15) is 0 Å². The number of aryl methyl sites for hydroxylation is 1. The second-order valence-corrected chi connectivity index (χ2v) is 8.35. The normalized spacial score (nSPS) is 11.3. The number of rotatable bonds is 7.